The molecule has 1 aliphatic rings. The average Bonchev–Trinajstić information content (AvgIpc) is 2.72. The fourth-order valence-electron chi connectivity index (χ4n) is 4.84. The summed E-state index contributed by atoms with van der Waals surface area (Å²) in [6.07, 6.45) is 1.65. The number of amides is 2. The summed E-state index contributed by atoms with van der Waals surface area (Å²) >= 11 is 0. The molecule has 1 fully saturated rings. The van der Waals surface area contributed by atoms with Gasteiger partial charge in [-0.15, -0.1) is 0 Å². The van der Waals surface area contributed by atoms with E-state index in [1.54, 1.807) is 6.92 Å². The molecule has 0 aliphatic heterocycles. The lowest BCUT2D eigenvalue weighted by molar-refractivity contribution is -0.142. The minimum absolute atomic E-state index is 0.0175. The van der Waals surface area contributed by atoms with E-state index in [1.165, 1.54) is 14.2 Å². The van der Waals surface area contributed by atoms with Gasteiger partial charge in [-0.1, -0.05) is 27.4 Å². The Morgan fingerprint density at radius 3 is 2.29 bits per heavy atom. The summed E-state index contributed by atoms with van der Waals surface area (Å²) in [5, 5.41) is 5.25. The highest BCUT2D eigenvalue weighted by Gasteiger charge is 2.42. The molecule has 0 radical (unpaired) electrons. The standard InChI is InChI=1S/C24H40N2O8/c1-16(8-9-19(27)31-6)34-22(30)26-15-24(5)12-18(11-23(3,4)14-24)10-20(28)33-17(2)13-25-21(29)32-7/h16,18H,2,8-15H2,1,3-7H3,(H,25,29)(H,26,30). The molecule has 10 heteroatoms. The van der Waals surface area contributed by atoms with Gasteiger partial charge >= 0.3 is 24.1 Å². The van der Waals surface area contributed by atoms with E-state index < -0.39 is 24.3 Å². The van der Waals surface area contributed by atoms with E-state index in [9.17, 15) is 19.2 Å². The second-order valence-corrected chi connectivity index (χ2v) is 10.2. The molecular weight excluding hydrogens is 444 g/mol. The minimum atomic E-state index is -0.633. The van der Waals surface area contributed by atoms with Crippen molar-refractivity contribution in [1.29, 1.82) is 0 Å². The maximum absolute atomic E-state index is 12.4. The molecule has 1 saturated carbocycles. The number of carbonyl (C=O) groups excluding carboxylic acids is 4. The van der Waals surface area contributed by atoms with E-state index in [0.717, 1.165) is 19.3 Å². The third-order valence-electron chi connectivity index (χ3n) is 5.81. The van der Waals surface area contributed by atoms with Gasteiger partial charge in [0.25, 0.3) is 0 Å². The number of alkyl carbamates (subject to hydrolysis) is 2. The van der Waals surface area contributed by atoms with Crippen LogP contribution in [0.4, 0.5) is 9.59 Å². The molecule has 34 heavy (non-hydrogen) atoms. The lowest BCUT2D eigenvalue weighted by Crippen LogP contribution is -2.44. The molecule has 194 valence electrons. The van der Waals surface area contributed by atoms with Crippen LogP contribution in [0.2, 0.25) is 0 Å². The molecule has 0 aromatic rings. The summed E-state index contributed by atoms with van der Waals surface area (Å²) in [6.45, 7) is 12.1. The van der Waals surface area contributed by atoms with Crippen LogP contribution in [0.5, 0.6) is 0 Å². The zero-order chi connectivity index (χ0) is 25.9. The Labute approximate surface area is 202 Å². The Balaban J connectivity index is 2.56. The van der Waals surface area contributed by atoms with Crippen LogP contribution in [-0.2, 0) is 28.5 Å². The monoisotopic (exact) mass is 484 g/mol. The van der Waals surface area contributed by atoms with Crippen molar-refractivity contribution in [2.45, 2.75) is 72.3 Å². The average molecular weight is 485 g/mol. The van der Waals surface area contributed by atoms with Gasteiger partial charge in [0, 0.05) is 19.4 Å². The number of hydrogen-bond donors (Lipinski definition) is 2. The quantitative estimate of drug-likeness (QED) is 0.258. The Kier molecular flexibility index (Phi) is 11.4. The summed E-state index contributed by atoms with van der Waals surface area (Å²) in [5.41, 5.74) is -0.259. The molecule has 1 aliphatic carbocycles. The number of methoxy groups -OCH3 is 2. The SMILES string of the molecule is C=C(CNC(=O)OC)OC(=O)CC1CC(C)(C)CC(C)(CNC(=O)OC(C)CCC(=O)OC)C1. The summed E-state index contributed by atoms with van der Waals surface area (Å²) in [6, 6.07) is 0. The van der Waals surface area contributed by atoms with Crippen LogP contribution in [0, 0.1) is 16.7 Å². The molecule has 3 atom stereocenters. The van der Waals surface area contributed by atoms with Crippen molar-refractivity contribution >= 4 is 24.1 Å². The van der Waals surface area contributed by atoms with Gasteiger partial charge in [0.05, 0.1) is 20.8 Å². The Morgan fingerprint density at radius 1 is 1.00 bits per heavy atom. The van der Waals surface area contributed by atoms with Gasteiger partial charge in [0.2, 0.25) is 0 Å². The third-order valence-corrected chi connectivity index (χ3v) is 5.81. The van der Waals surface area contributed by atoms with Crippen LogP contribution in [0.15, 0.2) is 12.3 Å². The molecule has 0 bridgehead atoms. The number of rotatable bonds is 11. The first-order valence-corrected chi connectivity index (χ1v) is 11.5. The largest absolute Gasteiger partial charge is 0.469 e. The highest BCUT2D eigenvalue weighted by atomic mass is 16.6. The Hall–Kier alpha value is -2.78. The van der Waals surface area contributed by atoms with E-state index in [4.69, 9.17) is 9.47 Å². The molecule has 2 N–H and O–H groups in total. The van der Waals surface area contributed by atoms with Crippen molar-refractivity contribution in [1.82, 2.24) is 10.6 Å². The van der Waals surface area contributed by atoms with Gasteiger partial charge in [-0.05, 0) is 49.4 Å². The van der Waals surface area contributed by atoms with E-state index in [2.05, 4.69) is 47.5 Å². The van der Waals surface area contributed by atoms with E-state index >= 15 is 0 Å². The number of esters is 2. The third kappa shape index (κ3) is 11.4. The lowest BCUT2D eigenvalue weighted by Gasteiger charge is -2.46. The highest BCUT2D eigenvalue weighted by molar-refractivity contribution is 5.71. The van der Waals surface area contributed by atoms with Crippen LogP contribution in [0.3, 0.4) is 0 Å². The first-order chi connectivity index (χ1) is 15.8. The van der Waals surface area contributed by atoms with Crippen molar-refractivity contribution in [3.8, 4) is 0 Å². The molecule has 2 amide bonds. The predicted molar refractivity (Wildman–Crippen MR) is 125 cm³/mol. The maximum Gasteiger partial charge on any atom is 0.407 e. The highest BCUT2D eigenvalue weighted by Crippen LogP contribution is 2.49. The fourth-order valence-corrected chi connectivity index (χ4v) is 4.84. The summed E-state index contributed by atoms with van der Waals surface area (Å²) < 4.78 is 19.7. The van der Waals surface area contributed by atoms with E-state index in [-0.39, 0.29) is 47.9 Å². The molecule has 0 heterocycles. The first-order valence-electron chi connectivity index (χ1n) is 11.5. The lowest BCUT2D eigenvalue weighted by atomic mass is 9.60. The van der Waals surface area contributed by atoms with Crippen LogP contribution in [0.1, 0.15) is 66.2 Å². The zero-order valence-corrected chi connectivity index (χ0v) is 21.3. The topological polar surface area (TPSA) is 129 Å². The van der Waals surface area contributed by atoms with E-state index in [1.807, 2.05) is 0 Å². The molecule has 10 nitrogen and oxygen atoms in total. The minimum Gasteiger partial charge on any atom is -0.469 e. The van der Waals surface area contributed by atoms with Crippen molar-refractivity contribution in [3.63, 3.8) is 0 Å². The molecular formula is C24H40N2O8. The van der Waals surface area contributed by atoms with Crippen molar-refractivity contribution in [2.24, 2.45) is 16.7 Å². The molecule has 0 saturated heterocycles. The smallest absolute Gasteiger partial charge is 0.407 e. The van der Waals surface area contributed by atoms with Crippen molar-refractivity contribution in [3.05, 3.63) is 12.3 Å². The fraction of sp³-hybridized carbons (Fsp3) is 0.750. The number of hydrogen-bond acceptors (Lipinski definition) is 8. The second-order valence-electron chi connectivity index (χ2n) is 10.2. The van der Waals surface area contributed by atoms with Gasteiger partial charge in [-0.2, -0.15) is 0 Å². The summed E-state index contributed by atoms with van der Waals surface area (Å²) in [7, 11) is 2.56. The Bertz CT molecular complexity index is 751. The van der Waals surface area contributed by atoms with Crippen LogP contribution in [0.25, 0.3) is 0 Å². The summed E-state index contributed by atoms with van der Waals surface area (Å²) in [5.74, 6) is -0.549. The van der Waals surface area contributed by atoms with Gasteiger partial charge < -0.3 is 29.6 Å². The van der Waals surface area contributed by atoms with Gasteiger partial charge in [-0.3, -0.25) is 9.59 Å². The van der Waals surface area contributed by atoms with Crippen molar-refractivity contribution < 1.29 is 38.1 Å². The van der Waals surface area contributed by atoms with E-state index in [0.29, 0.717) is 13.0 Å². The first kappa shape index (κ1) is 29.3. The molecule has 0 spiro atoms. The molecule has 0 aromatic heterocycles. The molecule has 1 rings (SSSR count). The van der Waals surface area contributed by atoms with Gasteiger partial charge in [-0.25, -0.2) is 9.59 Å². The number of carbonyl (C=O) groups is 4. The Morgan fingerprint density at radius 2 is 1.68 bits per heavy atom. The molecule has 0 aromatic carbocycles. The van der Waals surface area contributed by atoms with Crippen molar-refractivity contribution in [2.75, 3.05) is 27.3 Å². The number of nitrogens with one attached hydrogen (secondary N) is 2. The summed E-state index contributed by atoms with van der Waals surface area (Å²) in [4.78, 5) is 47.0. The molecule has 3 unspecified atom stereocenters. The van der Waals surface area contributed by atoms with Gasteiger partial charge in [0.15, 0.2) is 0 Å². The van der Waals surface area contributed by atoms with Crippen LogP contribution >= 0.6 is 0 Å². The maximum atomic E-state index is 12.4. The second kappa shape index (κ2) is 13.2. The normalized spacial score (nSPS) is 22.0. The number of ether oxygens (including phenoxy) is 4. The van der Waals surface area contributed by atoms with Crippen LogP contribution in [-0.4, -0.2) is 57.5 Å². The zero-order valence-electron chi connectivity index (χ0n) is 21.3. The van der Waals surface area contributed by atoms with Crippen LogP contribution < -0.4 is 10.6 Å². The predicted octanol–water partition coefficient (Wildman–Crippen LogP) is 3.69. The van der Waals surface area contributed by atoms with Gasteiger partial charge in [0.1, 0.15) is 11.9 Å².